The minimum atomic E-state index is 0.0185. The van der Waals surface area contributed by atoms with E-state index in [1.165, 1.54) is 0 Å². The van der Waals surface area contributed by atoms with Gasteiger partial charge in [0.25, 0.3) is 0 Å². The van der Waals surface area contributed by atoms with Gasteiger partial charge in [-0.1, -0.05) is 12.1 Å². The largest absolute Gasteiger partial charge is 0.491 e. The topological polar surface area (TPSA) is 49.8 Å². The number of ether oxygens (including phenoxy) is 1. The summed E-state index contributed by atoms with van der Waals surface area (Å²) in [5.74, 6) is 0.666. The number of benzene rings is 1. The lowest BCUT2D eigenvalue weighted by molar-refractivity contribution is 0.101. The van der Waals surface area contributed by atoms with Crippen LogP contribution < -0.4 is 4.74 Å². The van der Waals surface area contributed by atoms with Crippen molar-refractivity contribution in [3.8, 4) is 5.75 Å². The standard InChI is InChI=1S/C15H21NO3/c1-12(18)14-6-2-3-7-15(14)19-10-9-16-8-4-5-13(16)11-17/h2-3,6-7,13,17H,4-5,8-11H2,1H3/t13-/m0/s1. The number of para-hydroxylation sites is 1. The summed E-state index contributed by atoms with van der Waals surface area (Å²) in [6.45, 7) is 4.11. The molecule has 1 saturated heterocycles. The first kappa shape index (κ1) is 14.0. The molecule has 0 amide bonds. The van der Waals surface area contributed by atoms with Crippen molar-refractivity contribution in [1.29, 1.82) is 0 Å². The number of rotatable bonds is 6. The van der Waals surface area contributed by atoms with Crippen LogP contribution in [0.1, 0.15) is 30.1 Å². The molecule has 1 fully saturated rings. The maximum Gasteiger partial charge on any atom is 0.163 e. The van der Waals surface area contributed by atoms with Crippen molar-refractivity contribution >= 4 is 5.78 Å². The molecule has 1 aliphatic rings. The number of aliphatic hydroxyl groups is 1. The van der Waals surface area contributed by atoms with E-state index < -0.39 is 0 Å². The Morgan fingerprint density at radius 1 is 1.47 bits per heavy atom. The molecule has 104 valence electrons. The van der Waals surface area contributed by atoms with Crippen molar-refractivity contribution in [3.63, 3.8) is 0 Å². The number of Topliss-reactive ketones (excluding diaryl/α,β-unsaturated/α-hetero) is 1. The zero-order valence-electron chi connectivity index (χ0n) is 11.3. The first-order valence-corrected chi connectivity index (χ1v) is 6.80. The molecule has 4 heteroatoms. The second-order valence-corrected chi connectivity index (χ2v) is 4.92. The van der Waals surface area contributed by atoms with Crippen molar-refractivity contribution in [3.05, 3.63) is 29.8 Å². The van der Waals surface area contributed by atoms with Crippen molar-refractivity contribution in [2.75, 3.05) is 26.3 Å². The quantitative estimate of drug-likeness (QED) is 0.794. The van der Waals surface area contributed by atoms with Gasteiger partial charge in [-0.05, 0) is 38.4 Å². The molecule has 1 aromatic rings. The fraction of sp³-hybridized carbons (Fsp3) is 0.533. The fourth-order valence-corrected chi connectivity index (χ4v) is 2.55. The molecule has 1 heterocycles. The third-order valence-corrected chi connectivity index (χ3v) is 3.61. The molecule has 0 bridgehead atoms. The van der Waals surface area contributed by atoms with Crippen molar-refractivity contribution in [1.82, 2.24) is 4.90 Å². The summed E-state index contributed by atoms with van der Waals surface area (Å²) in [7, 11) is 0. The van der Waals surface area contributed by atoms with Crippen LogP contribution in [-0.2, 0) is 0 Å². The molecule has 0 radical (unpaired) electrons. The number of likely N-dealkylation sites (tertiary alicyclic amines) is 1. The first-order valence-electron chi connectivity index (χ1n) is 6.80. The molecule has 0 aliphatic carbocycles. The predicted octanol–water partition coefficient (Wildman–Crippen LogP) is 1.72. The average Bonchev–Trinajstić information content (AvgIpc) is 2.86. The Bertz CT molecular complexity index is 433. The molecule has 1 aliphatic heterocycles. The highest BCUT2D eigenvalue weighted by molar-refractivity contribution is 5.96. The number of hydrogen-bond acceptors (Lipinski definition) is 4. The van der Waals surface area contributed by atoms with Crippen molar-refractivity contribution in [2.24, 2.45) is 0 Å². The molecular weight excluding hydrogens is 242 g/mol. The number of ketones is 1. The van der Waals surface area contributed by atoms with Crippen LogP contribution in [0, 0.1) is 0 Å². The Balaban J connectivity index is 1.87. The summed E-state index contributed by atoms with van der Waals surface area (Å²) in [5, 5.41) is 9.24. The lowest BCUT2D eigenvalue weighted by Gasteiger charge is -2.22. The maximum absolute atomic E-state index is 11.5. The van der Waals surface area contributed by atoms with Crippen molar-refractivity contribution in [2.45, 2.75) is 25.8 Å². The smallest absolute Gasteiger partial charge is 0.163 e. The molecular formula is C15H21NO3. The summed E-state index contributed by atoms with van der Waals surface area (Å²) >= 11 is 0. The fourth-order valence-electron chi connectivity index (χ4n) is 2.55. The van der Waals surface area contributed by atoms with Gasteiger partial charge < -0.3 is 9.84 Å². The van der Waals surface area contributed by atoms with E-state index in [0.29, 0.717) is 17.9 Å². The van der Waals surface area contributed by atoms with Gasteiger partial charge in [0.15, 0.2) is 5.78 Å². The van der Waals surface area contributed by atoms with Crippen LogP contribution in [-0.4, -0.2) is 48.1 Å². The van der Waals surface area contributed by atoms with E-state index in [0.717, 1.165) is 25.9 Å². The van der Waals surface area contributed by atoms with E-state index in [9.17, 15) is 9.90 Å². The van der Waals surface area contributed by atoms with Gasteiger partial charge in [0, 0.05) is 12.6 Å². The highest BCUT2D eigenvalue weighted by atomic mass is 16.5. The molecule has 0 saturated carbocycles. The minimum Gasteiger partial charge on any atom is -0.491 e. The van der Waals surface area contributed by atoms with Gasteiger partial charge >= 0.3 is 0 Å². The highest BCUT2D eigenvalue weighted by Crippen LogP contribution is 2.19. The van der Waals surface area contributed by atoms with Crippen LogP contribution >= 0.6 is 0 Å². The second-order valence-electron chi connectivity index (χ2n) is 4.92. The van der Waals surface area contributed by atoms with Gasteiger partial charge in [-0.2, -0.15) is 0 Å². The summed E-state index contributed by atoms with van der Waals surface area (Å²) in [5.41, 5.74) is 0.627. The minimum absolute atomic E-state index is 0.0185. The second kappa shape index (κ2) is 6.68. The van der Waals surface area contributed by atoms with Crippen LogP contribution in [0.5, 0.6) is 5.75 Å². The number of carbonyl (C=O) groups excluding carboxylic acids is 1. The molecule has 0 aromatic heterocycles. The van der Waals surface area contributed by atoms with Crippen LogP contribution in [0.4, 0.5) is 0 Å². The van der Waals surface area contributed by atoms with Crippen LogP contribution in [0.3, 0.4) is 0 Å². The maximum atomic E-state index is 11.5. The van der Waals surface area contributed by atoms with E-state index in [4.69, 9.17) is 4.74 Å². The number of nitrogens with zero attached hydrogens (tertiary/aromatic N) is 1. The van der Waals surface area contributed by atoms with Crippen LogP contribution in [0.25, 0.3) is 0 Å². The van der Waals surface area contributed by atoms with Gasteiger partial charge in [0.05, 0.1) is 12.2 Å². The molecule has 1 aromatic carbocycles. The Morgan fingerprint density at radius 2 is 2.26 bits per heavy atom. The van der Waals surface area contributed by atoms with E-state index in [-0.39, 0.29) is 18.4 Å². The third kappa shape index (κ3) is 3.55. The molecule has 4 nitrogen and oxygen atoms in total. The summed E-state index contributed by atoms with van der Waals surface area (Å²) in [6.07, 6.45) is 2.19. The van der Waals surface area contributed by atoms with Crippen LogP contribution in [0.15, 0.2) is 24.3 Å². The van der Waals surface area contributed by atoms with E-state index in [1.54, 1.807) is 13.0 Å². The van der Waals surface area contributed by atoms with Crippen LogP contribution in [0.2, 0.25) is 0 Å². The van der Waals surface area contributed by atoms with Gasteiger partial charge in [0.2, 0.25) is 0 Å². The molecule has 19 heavy (non-hydrogen) atoms. The first-order chi connectivity index (χ1) is 9.22. The molecule has 0 spiro atoms. The molecule has 0 unspecified atom stereocenters. The van der Waals surface area contributed by atoms with Crippen molar-refractivity contribution < 1.29 is 14.6 Å². The number of carbonyl (C=O) groups is 1. The zero-order chi connectivity index (χ0) is 13.7. The lowest BCUT2D eigenvalue weighted by atomic mass is 10.1. The highest BCUT2D eigenvalue weighted by Gasteiger charge is 2.23. The van der Waals surface area contributed by atoms with Gasteiger partial charge in [-0.15, -0.1) is 0 Å². The van der Waals surface area contributed by atoms with E-state index in [2.05, 4.69) is 4.90 Å². The molecule has 1 N–H and O–H groups in total. The normalized spacial score (nSPS) is 19.6. The van der Waals surface area contributed by atoms with Gasteiger partial charge in [-0.25, -0.2) is 0 Å². The SMILES string of the molecule is CC(=O)c1ccccc1OCCN1CCC[C@H]1CO. The lowest BCUT2D eigenvalue weighted by Crippen LogP contribution is -2.35. The Labute approximate surface area is 114 Å². The number of hydrogen-bond donors (Lipinski definition) is 1. The van der Waals surface area contributed by atoms with Gasteiger partial charge in [0.1, 0.15) is 12.4 Å². The van der Waals surface area contributed by atoms with E-state index >= 15 is 0 Å². The Morgan fingerprint density at radius 3 is 3.00 bits per heavy atom. The Hall–Kier alpha value is -1.39. The van der Waals surface area contributed by atoms with Gasteiger partial charge in [-0.3, -0.25) is 9.69 Å². The zero-order valence-corrected chi connectivity index (χ0v) is 11.3. The monoisotopic (exact) mass is 263 g/mol. The Kier molecular flexibility index (Phi) is 4.93. The molecule has 1 atom stereocenters. The average molecular weight is 263 g/mol. The third-order valence-electron chi connectivity index (χ3n) is 3.61. The summed E-state index contributed by atoms with van der Waals surface area (Å²) in [4.78, 5) is 13.7. The summed E-state index contributed by atoms with van der Waals surface area (Å²) in [6, 6.07) is 7.58. The summed E-state index contributed by atoms with van der Waals surface area (Å²) < 4.78 is 5.71. The van der Waals surface area contributed by atoms with E-state index in [1.807, 2.05) is 18.2 Å². The predicted molar refractivity (Wildman–Crippen MR) is 73.6 cm³/mol. The molecule has 2 rings (SSSR count). The number of aliphatic hydroxyl groups excluding tert-OH is 1.